The third kappa shape index (κ3) is 6.45. The Labute approximate surface area is 178 Å². The molecule has 0 spiro atoms. The molecule has 30 heavy (non-hydrogen) atoms. The molecule has 0 bridgehead atoms. The van der Waals surface area contributed by atoms with Crippen molar-refractivity contribution in [2.24, 2.45) is 5.92 Å². The summed E-state index contributed by atoms with van der Waals surface area (Å²) >= 11 is 0. The molecular formula is C22H34N3O5+. The summed E-state index contributed by atoms with van der Waals surface area (Å²) in [5.41, 5.74) is 0.691. The minimum Gasteiger partial charge on any atom is -0.497 e. The zero-order chi connectivity index (χ0) is 22.1. The molecule has 8 heteroatoms. The number of carbonyl (C=O) groups excluding carboxylic acids is 3. The van der Waals surface area contributed by atoms with Gasteiger partial charge in [-0.2, -0.15) is 0 Å². The van der Waals surface area contributed by atoms with Gasteiger partial charge >= 0.3 is 5.97 Å². The summed E-state index contributed by atoms with van der Waals surface area (Å²) in [5.74, 6) is 0.298. The standard InChI is InChI=1S/C22H33N3O5/c1-5-24(15-20(26)23-18-7-9-19(29-4)10-8-18)16(3)21(27)25-13-11-17(12-14-25)22(28)30-6-2/h7-10,16-17H,5-6,11-15H2,1-4H3,(H,23,26)/p+1/t16-/m1/s1. The lowest BCUT2D eigenvalue weighted by atomic mass is 9.96. The van der Waals surface area contributed by atoms with E-state index in [0.717, 1.165) is 10.6 Å². The molecule has 8 nitrogen and oxygen atoms in total. The summed E-state index contributed by atoms with van der Waals surface area (Å²) in [6.45, 7) is 7.94. The fourth-order valence-electron chi connectivity index (χ4n) is 3.71. The van der Waals surface area contributed by atoms with Crippen LogP contribution in [-0.4, -0.2) is 68.6 Å². The van der Waals surface area contributed by atoms with Gasteiger partial charge in [-0.25, -0.2) is 0 Å². The predicted octanol–water partition coefficient (Wildman–Crippen LogP) is 0.729. The Morgan fingerprint density at radius 2 is 1.80 bits per heavy atom. The molecule has 1 aliphatic heterocycles. The summed E-state index contributed by atoms with van der Waals surface area (Å²) < 4.78 is 10.2. The molecule has 1 heterocycles. The van der Waals surface area contributed by atoms with Gasteiger partial charge in [0.25, 0.3) is 11.8 Å². The Hall–Kier alpha value is -2.61. The number of anilines is 1. The highest BCUT2D eigenvalue weighted by Gasteiger charge is 2.34. The van der Waals surface area contributed by atoms with Crippen molar-refractivity contribution in [3.05, 3.63) is 24.3 Å². The van der Waals surface area contributed by atoms with E-state index >= 15 is 0 Å². The van der Waals surface area contributed by atoms with E-state index in [1.807, 2.05) is 13.8 Å². The lowest BCUT2D eigenvalue weighted by molar-refractivity contribution is -0.904. The van der Waals surface area contributed by atoms with Crippen LogP contribution in [0.15, 0.2) is 24.3 Å². The van der Waals surface area contributed by atoms with Crippen LogP contribution in [0, 0.1) is 5.92 Å². The first-order chi connectivity index (χ1) is 14.4. The van der Waals surface area contributed by atoms with E-state index < -0.39 is 0 Å². The molecule has 2 atom stereocenters. The van der Waals surface area contributed by atoms with E-state index in [0.29, 0.717) is 44.8 Å². The molecule has 0 saturated carbocycles. The van der Waals surface area contributed by atoms with Crippen LogP contribution in [0.25, 0.3) is 0 Å². The number of likely N-dealkylation sites (tertiary alicyclic amines) is 1. The van der Waals surface area contributed by atoms with Crippen LogP contribution in [0.1, 0.15) is 33.6 Å². The number of benzene rings is 1. The molecular weight excluding hydrogens is 386 g/mol. The van der Waals surface area contributed by atoms with Crippen molar-refractivity contribution >= 4 is 23.5 Å². The van der Waals surface area contributed by atoms with Crippen molar-refractivity contribution in [3.63, 3.8) is 0 Å². The number of hydrogen-bond donors (Lipinski definition) is 2. The molecule has 1 unspecified atom stereocenters. The van der Waals surface area contributed by atoms with Crippen molar-refractivity contribution < 1.29 is 28.8 Å². The SMILES string of the molecule is CCOC(=O)C1CCN(C(=O)[C@@H](C)[NH+](CC)CC(=O)Nc2ccc(OC)cc2)CC1. The quantitative estimate of drug-likeness (QED) is 0.575. The van der Waals surface area contributed by atoms with Crippen LogP contribution in [0.2, 0.25) is 0 Å². The smallest absolute Gasteiger partial charge is 0.309 e. The molecule has 1 fully saturated rings. The highest BCUT2D eigenvalue weighted by atomic mass is 16.5. The number of methoxy groups -OCH3 is 1. The predicted molar refractivity (Wildman–Crippen MR) is 113 cm³/mol. The van der Waals surface area contributed by atoms with Crippen molar-refractivity contribution in [1.29, 1.82) is 0 Å². The van der Waals surface area contributed by atoms with Gasteiger partial charge in [-0.1, -0.05) is 0 Å². The van der Waals surface area contributed by atoms with Gasteiger partial charge in [0.05, 0.1) is 26.2 Å². The Kier molecular flexibility index (Phi) is 9.11. The zero-order valence-electron chi connectivity index (χ0n) is 18.4. The van der Waals surface area contributed by atoms with Gasteiger partial charge in [0.1, 0.15) is 5.75 Å². The highest BCUT2D eigenvalue weighted by molar-refractivity contribution is 5.91. The molecule has 0 aromatic heterocycles. The molecule has 1 aliphatic rings. The third-order valence-corrected chi connectivity index (χ3v) is 5.62. The molecule has 0 aliphatic carbocycles. The van der Waals surface area contributed by atoms with Gasteiger partial charge in [0, 0.05) is 18.8 Å². The number of piperidine rings is 1. The van der Waals surface area contributed by atoms with Crippen LogP contribution in [0.5, 0.6) is 5.75 Å². The Bertz CT molecular complexity index is 714. The number of esters is 1. The Morgan fingerprint density at radius 1 is 1.17 bits per heavy atom. The van der Waals surface area contributed by atoms with Crippen molar-refractivity contribution in [1.82, 2.24) is 4.90 Å². The molecule has 0 radical (unpaired) electrons. The van der Waals surface area contributed by atoms with Crippen LogP contribution in [-0.2, 0) is 19.1 Å². The fourth-order valence-corrected chi connectivity index (χ4v) is 3.71. The maximum atomic E-state index is 13.0. The van der Waals surface area contributed by atoms with E-state index in [1.54, 1.807) is 43.2 Å². The number of amides is 2. The summed E-state index contributed by atoms with van der Waals surface area (Å²) in [5, 5.41) is 2.87. The van der Waals surface area contributed by atoms with Crippen LogP contribution < -0.4 is 15.0 Å². The number of hydrogen-bond acceptors (Lipinski definition) is 5. The van der Waals surface area contributed by atoms with Gasteiger partial charge in [-0.05, 0) is 57.9 Å². The molecule has 2 rings (SSSR count). The second-order valence-corrected chi connectivity index (χ2v) is 7.54. The van der Waals surface area contributed by atoms with Crippen LogP contribution in [0.3, 0.4) is 0 Å². The Balaban J connectivity index is 1.87. The monoisotopic (exact) mass is 420 g/mol. The maximum Gasteiger partial charge on any atom is 0.309 e. The zero-order valence-corrected chi connectivity index (χ0v) is 18.4. The van der Waals surface area contributed by atoms with E-state index in [-0.39, 0.29) is 36.3 Å². The molecule has 1 aromatic carbocycles. The minimum absolute atomic E-state index is 0.0198. The summed E-state index contributed by atoms with van der Waals surface area (Å²) in [6, 6.07) is 6.80. The van der Waals surface area contributed by atoms with Gasteiger partial charge in [-0.15, -0.1) is 0 Å². The minimum atomic E-state index is -0.337. The van der Waals surface area contributed by atoms with Crippen LogP contribution >= 0.6 is 0 Å². The second-order valence-electron chi connectivity index (χ2n) is 7.54. The normalized spacial score (nSPS) is 16.5. The summed E-state index contributed by atoms with van der Waals surface area (Å²) in [7, 11) is 1.59. The number of quaternary nitrogens is 1. The topological polar surface area (TPSA) is 89.4 Å². The summed E-state index contributed by atoms with van der Waals surface area (Å²) in [6.07, 6.45) is 1.24. The molecule has 2 N–H and O–H groups in total. The van der Waals surface area contributed by atoms with E-state index in [4.69, 9.17) is 9.47 Å². The highest BCUT2D eigenvalue weighted by Crippen LogP contribution is 2.19. The lowest BCUT2D eigenvalue weighted by Gasteiger charge is -2.34. The van der Waals surface area contributed by atoms with Gasteiger partial charge in [-0.3, -0.25) is 14.4 Å². The van der Waals surface area contributed by atoms with E-state index in [1.165, 1.54) is 0 Å². The average Bonchev–Trinajstić information content (AvgIpc) is 2.77. The number of nitrogens with zero attached hydrogens (tertiary/aromatic N) is 1. The number of carbonyl (C=O) groups is 3. The van der Waals surface area contributed by atoms with Gasteiger partial charge in [0.2, 0.25) is 0 Å². The number of rotatable bonds is 9. The Morgan fingerprint density at radius 3 is 2.33 bits per heavy atom. The molecule has 2 amide bonds. The van der Waals surface area contributed by atoms with Crippen molar-refractivity contribution in [3.8, 4) is 5.75 Å². The van der Waals surface area contributed by atoms with Gasteiger partial charge < -0.3 is 24.6 Å². The van der Waals surface area contributed by atoms with Crippen molar-refractivity contribution in [2.45, 2.75) is 39.7 Å². The molecule has 1 aromatic rings. The van der Waals surface area contributed by atoms with Gasteiger partial charge in [0.15, 0.2) is 12.6 Å². The first-order valence-electron chi connectivity index (χ1n) is 10.6. The third-order valence-electron chi connectivity index (χ3n) is 5.62. The number of likely N-dealkylation sites (N-methyl/N-ethyl adjacent to an activating group) is 1. The maximum absolute atomic E-state index is 13.0. The second kappa shape index (κ2) is 11.5. The largest absolute Gasteiger partial charge is 0.497 e. The van der Waals surface area contributed by atoms with E-state index in [9.17, 15) is 14.4 Å². The lowest BCUT2D eigenvalue weighted by Crippen LogP contribution is -3.17. The van der Waals surface area contributed by atoms with Crippen molar-refractivity contribution in [2.75, 3.05) is 45.2 Å². The average molecular weight is 421 g/mol. The first-order valence-corrected chi connectivity index (χ1v) is 10.6. The fraction of sp³-hybridized carbons (Fsp3) is 0.591. The van der Waals surface area contributed by atoms with Crippen LogP contribution in [0.4, 0.5) is 5.69 Å². The molecule has 1 saturated heterocycles. The van der Waals surface area contributed by atoms with E-state index in [2.05, 4.69) is 5.32 Å². The molecule has 166 valence electrons. The number of nitrogens with one attached hydrogen (secondary N) is 2. The first kappa shape index (κ1) is 23.7. The summed E-state index contributed by atoms with van der Waals surface area (Å²) in [4.78, 5) is 40.0. The number of ether oxygens (including phenoxy) is 2.